The monoisotopic (exact) mass is 514 g/mol. The average Bonchev–Trinajstić information content (AvgIpc) is 2.86. The van der Waals surface area contributed by atoms with E-state index in [0.717, 1.165) is 77.8 Å². The molecule has 0 bridgehead atoms. The fourth-order valence-corrected chi connectivity index (χ4v) is 14.2. The molecule has 0 aliphatic rings. The van der Waals surface area contributed by atoms with E-state index in [-0.39, 0.29) is 5.16 Å². The van der Waals surface area contributed by atoms with Crippen LogP contribution in [0.3, 0.4) is 0 Å². The summed E-state index contributed by atoms with van der Waals surface area (Å²) in [5.41, 5.74) is 4.72. The van der Waals surface area contributed by atoms with Gasteiger partial charge in [-0.1, -0.05) is 92.7 Å². The lowest BCUT2D eigenvalue weighted by atomic mass is 10.2. The van der Waals surface area contributed by atoms with Gasteiger partial charge in [-0.25, -0.2) is 0 Å². The zero-order valence-corrected chi connectivity index (χ0v) is 25.8. The molecule has 202 valence electrons. The number of allylic oxidation sites excluding steroid dienone is 2. The number of unbranched alkanes of at least 4 members (excludes halogenated alkanes) is 4. The van der Waals surface area contributed by atoms with Gasteiger partial charge in [0.2, 0.25) is 0 Å². The van der Waals surface area contributed by atoms with Crippen molar-refractivity contribution >= 4 is 17.1 Å². The lowest BCUT2D eigenvalue weighted by Gasteiger charge is -2.43. The highest BCUT2D eigenvalue weighted by Crippen LogP contribution is 2.41. The third-order valence-electron chi connectivity index (χ3n) is 5.82. The quantitative estimate of drug-likeness (QED) is 0.0952. The Bertz CT molecular complexity index is 453. The van der Waals surface area contributed by atoms with Crippen LogP contribution in [0.15, 0.2) is 23.6 Å². The molecule has 0 fully saturated rings. The molecule has 0 saturated heterocycles. The highest BCUT2D eigenvalue weighted by molar-refractivity contribution is 6.93. The molecule has 0 amide bonds. The van der Waals surface area contributed by atoms with Crippen molar-refractivity contribution in [1.82, 2.24) is 0 Å². The second-order valence-corrected chi connectivity index (χ2v) is 15.9. The molecule has 0 rings (SSSR count). The van der Waals surface area contributed by atoms with Crippen molar-refractivity contribution < 1.29 is 17.7 Å². The molecule has 0 aromatic heterocycles. The number of rotatable bonds is 24. The van der Waals surface area contributed by atoms with Crippen LogP contribution in [0.25, 0.3) is 0 Å². The summed E-state index contributed by atoms with van der Waals surface area (Å²) in [5.74, 6) is 0. The minimum atomic E-state index is -2.76. The third-order valence-corrected chi connectivity index (χ3v) is 14.8. The van der Waals surface area contributed by atoms with Crippen LogP contribution in [0.2, 0.25) is 5.16 Å². The second-order valence-electron chi connectivity index (χ2n) is 9.27. The molecule has 6 heteroatoms. The Morgan fingerprint density at radius 2 is 0.853 bits per heavy atom. The Kier molecular flexibility index (Phi) is 21.8. The maximum Gasteiger partial charge on any atom is 0.370 e. The Morgan fingerprint density at radius 1 is 0.500 bits per heavy atom. The predicted octanol–water partition coefficient (Wildman–Crippen LogP) is 8.86. The number of hydrogen-bond acceptors (Lipinski definition) is 4. The van der Waals surface area contributed by atoms with Crippen LogP contribution in [0, 0.1) is 0 Å². The smallest absolute Gasteiger partial charge is 0.370 e. The van der Waals surface area contributed by atoms with E-state index >= 15 is 0 Å². The first kappa shape index (κ1) is 33.8. The van der Waals surface area contributed by atoms with Gasteiger partial charge in [-0.3, -0.25) is 0 Å². The largest absolute Gasteiger partial charge is 0.391 e. The van der Waals surface area contributed by atoms with Gasteiger partial charge in [-0.2, -0.15) is 0 Å². The van der Waals surface area contributed by atoms with Crippen molar-refractivity contribution in [2.45, 2.75) is 131 Å². The standard InChI is InChI=1S/C28H58O4Si2/c1-8-15-17-19-26-33(29-22-11-4,30-23-12-5)28(21-10-3)34(31-24-13-6,32-25-14-7)27-20-18-16-9-2/h19-20,26-28H,8-18,21-25H2,1-7H3. The summed E-state index contributed by atoms with van der Waals surface area (Å²) in [4.78, 5) is 0. The van der Waals surface area contributed by atoms with Gasteiger partial charge in [0, 0.05) is 26.4 Å². The zero-order chi connectivity index (χ0) is 25.5. The molecule has 0 heterocycles. The maximum absolute atomic E-state index is 6.84. The van der Waals surface area contributed by atoms with Crippen LogP contribution in [0.1, 0.15) is 126 Å². The Hall–Kier alpha value is -0.246. The van der Waals surface area contributed by atoms with Crippen LogP contribution in [-0.4, -0.2) is 43.5 Å². The fourth-order valence-electron chi connectivity index (χ4n) is 4.07. The summed E-state index contributed by atoms with van der Waals surface area (Å²) in [5, 5.41) is 0.164. The first-order valence-electron chi connectivity index (χ1n) is 14.5. The zero-order valence-electron chi connectivity index (χ0n) is 23.8. The molecule has 0 spiro atoms. The Labute approximate surface area is 215 Å². The van der Waals surface area contributed by atoms with Gasteiger partial charge in [0.15, 0.2) is 0 Å². The molecule has 0 aromatic rings. The molecular formula is C28H58O4Si2. The predicted molar refractivity (Wildman–Crippen MR) is 152 cm³/mol. The van der Waals surface area contributed by atoms with E-state index in [2.05, 4.69) is 72.0 Å². The molecule has 34 heavy (non-hydrogen) atoms. The fraction of sp³-hybridized carbons (Fsp3) is 0.857. The molecule has 0 aliphatic heterocycles. The summed E-state index contributed by atoms with van der Waals surface area (Å²) in [6.07, 6.45) is 17.6. The van der Waals surface area contributed by atoms with E-state index < -0.39 is 17.1 Å². The summed E-state index contributed by atoms with van der Waals surface area (Å²) < 4.78 is 27.4. The first-order valence-corrected chi connectivity index (χ1v) is 18.4. The van der Waals surface area contributed by atoms with E-state index in [1.54, 1.807) is 0 Å². The highest BCUT2D eigenvalue weighted by Gasteiger charge is 2.58. The van der Waals surface area contributed by atoms with Crippen molar-refractivity contribution in [1.29, 1.82) is 0 Å². The minimum Gasteiger partial charge on any atom is -0.391 e. The van der Waals surface area contributed by atoms with Gasteiger partial charge in [-0.15, -0.1) is 0 Å². The van der Waals surface area contributed by atoms with Gasteiger partial charge in [0.25, 0.3) is 0 Å². The third kappa shape index (κ3) is 12.6. The van der Waals surface area contributed by atoms with E-state index in [4.69, 9.17) is 17.7 Å². The van der Waals surface area contributed by atoms with Gasteiger partial charge < -0.3 is 17.7 Å². The normalized spacial score (nSPS) is 14.0. The molecule has 4 nitrogen and oxygen atoms in total. The molecule has 0 aliphatic carbocycles. The van der Waals surface area contributed by atoms with Gasteiger partial charge in [0.1, 0.15) is 0 Å². The van der Waals surface area contributed by atoms with Crippen LogP contribution in [0.4, 0.5) is 0 Å². The van der Waals surface area contributed by atoms with Crippen LogP contribution in [-0.2, 0) is 17.7 Å². The average molecular weight is 515 g/mol. The van der Waals surface area contributed by atoms with Crippen molar-refractivity contribution in [3.63, 3.8) is 0 Å². The summed E-state index contributed by atoms with van der Waals surface area (Å²) in [7, 11) is -5.52. The first-order chi connectivity index (χ1) is 16.6. The van der Waals surface area contributed by atoms with Crippen molar-refractivity contribution in [2.24, 2.45) is 0 Å². The molecular weight excluding hydrogens is 456 g/mol. The molecule has 0 aromatic carbocycles. The molecule has 0 unspecified atom stereocenters. The van der Waals surface area contributed by atoms with Crippen LogP contribution in [0.5, 0.6) is 0 Å². The summed E-state index contributed by atoms with van der Waals surface area (Å²) in [6, 6.07) is 0. The van der Waals surface area contributed by atoms with Gasteiger partial charge in [-0.05, 0) is 56.3 Å². The topological polar surface area (TPSA) is 36.9 Å². The molecule has 0 N–H and O–H groups in total. The van der Waals surface area contributed by atoms with E-state index in [9.17, 15) is 0 Å². The SMILES string of the molecule is CCCCC=C[Si](OCCC)(OCCC)C(CCC)[Si](C=CCCCC)(OCCC)OCCC. The Balaban J connectivity index is 6.70. The molecule has 0 radical (unpaired) electrons. The van der Waals surface area contributed by atoms with Crippen molar-refractivity contribution in [3.8, 4) is 0 Å². The summed E-state index contributed by atoms with van der Waals surface area (Å²) in [6.45, 7) is 18.4. The summed E-state index contributed by atoms with van der Waals surface area (Å²) >= 11 is 0. The van der Waals surface area contributed by atoms with E-state index in [1.807, 2.05) is 0 Å². The van der Waals surface area contributed by atoms with Crippen LogP contribution < -0.4 is 0 Å². The van der Waals surface area contributed by atoms with Gasteiger partial charge in [0.05, 0.1) is 5.16 Å². The van der Waals surface area contributed by atoms with E-state index in [0.29, 0.717) is 0 Å². The van der Waals surface area contributed by atoms with Crippen molar-refractivity contribution in [3.05, 3.63) is 23.6 Å². The lowest BCUT2D eigenvalue weighted by Crippen LogP contribution is -2.60. The van der Waals surface area contributed by atoms with Crippen molar-refractivity contribution in [2.75, 3.05) is 26.4 Å². The minimum absolute atomic E-state index is 0.164. The van der Waals surface area contributed by atoms with E-state index in [1.165, 1.54) is 25.7 Å². The second kappa shape index (κ2) is 22.0. The molecule has 0 atom stereocenters. The Morgan fingerprint density at radius 3 is 1.12 bits per heavy atom. The molecule has 0 saturated carbocycles. The number of hydrogen-bond donors (Lipinski definition) is 0. The highest BCUT2D eigenvalue weighted by atomic mass is 28.4. The van der Waals surface area contributed by atoms with Crippen LogP contribution >= 0.6 is 0 Å². The lowest BCUT2D eigenvalue weighted by molar-refractivity contribution is 0.144. The van der Waals surface area contributed by atoms with Gasteiger partial charge >= 0.3 is 17.1 Å². The maximum atomic E-state index is 6.84.